The van der Waals surface area contributed by atoms with Crippen LogP contribution in [-0.2, 0) is 14.8 Å². The summed E-state index contributed by atoms with van der Waals surface area (Å²) in [5.41, 5.74) is 0. The van der Waals surface area contributed by atoms with Crippen LogP contribution in [0.25, 0.3) is 0 Å². The minimum Gasteiger partial charge on any atom is -0.493 e. The molecule has 1 N–H and O–H groups in total. The number of likely N-dealkylation sites (N-methyl/N-ethyl adjacent to an activating group) is 1. The van der Waals surface area contributed by atoms with E-state index in [4.69, 9.17) is 9.47 Å². The van der Waals surface area contributed by atoms with E-state index in [1.807, 2.05) is 20.8 Å². The number of benzene rings is 1. The van der Waals surface area contributed by atoms with Crippen LogP contribution in [-0.4, -0.2) is 52.5 Å². The Balaban J connectivity index is 2.93. The molecule has 7 nitrogen and oxygen atoms in total. The number of nitrogens with zero attached hydrogens (tertiary/aromatic N) is 1. The molecular formula is C16H26N2O5S. The van der Waals surface area contributed by atoms with Crippen molar-refractivity contribution in [3.05, 3.63) is 18.2 Å². The molecule has 0 heterocycles. The third-order valence-electron chi connectivity index (χ3n) is 3.82. The third-order valence-corrected chi connectivity index (χ3v) is 5.62. The normalized spacial score (nSPS) is 13.0. The van der Waals surface area contributed by atoms with Crippen molar-refractivity contribution in [3.63, 3.8) is 0 Å². The zero-order valence-electron chi connectivity index (χ0n) is 15.0. The van der Waals surface area contributed by atoms with Gasteiger partial charge in [0.2, 0.25) is 15.9 Å². The van der Waals surface area contributed by atoms with E-state index in [1.54, 1.807) is 0 Å². The summed E-state index contributed by atoms with van der Waals surface area (Å²) < 4.78 is 36.4. The Morgan fingerprint density at radius 1 is 1.17 bits per heavy atom. The van der Waals surface area contributed by atoms with Gasteiger partial charge in [-0.05, 0) is 25.0 Å². The summed E-state index contributed by atoms with van der Waals surface area (Å²) in [7, 11) is 0.456. The minimum atomic E-state index is -3.81. The Bertz CT molecular complexity index is 673. The molecule has 0 radical (unpaired) electrons. The predicted molar refractivity (Wildman–Crippen MR) is 91.8 cm³/mol. The van der Waals surface area contributed by atoms with Crippen LogP contribution < -0.4 is 14.8 Å². The van der Waals surface area contributed by atoms with E-state index in [1.165, 1.54) is 39.5 Å². The molecule has 8 heteroatoms. The average molecular weight is 358 g/mol. The second-order valence-corrected chi connectivity index (χ2v) is 7.92. The maximum absolute atomic E-state index is 12.6. The topological polar surface area (TPSA) is 84.9 Å². The van der Waals surface area contributed by atoms with Gasteiger partial charge in [0.05, 0.1) is 25.7 Å². The molecule has 0 aliphatic carbocycles. The maximum atomic E-state index is 12.6. The molecule has 1 amide bonds. The standard InChI is InChI=1S/C16H26N2O5S/c1-11(2)12(3)17-16(19)10-18(4)24(20,21)13-7-8-14(22-5)15(9-13)23-6/h7-9,11-12H,10H2,1-6H3,(H,17,19)/t12-/m1/s1. The van der Waals surface area contributed by atoms with Gasteiger partial charge in [0, 0.05) is 19.2 Å². The number of hydrogen-bond donors (Lipinski definition) is 1. The van der Waals surface area contributed by atoms with Crippen molar-refractivity contribution in [2.75, 3.05) is 27.8 Å². The Morgan fingerprint density at radius 2 is 1.75 bits per heavy atom. The van der Waals surface area contributed by atoms with Gasteiger partial charge in [-0.3, -0.25) is 4.79 Å². The zero-order valence-corrected chi connectivity index (χ0v) is 15.8. The van der Waals surface area contributed by atoms with Crippen LogP contribution in [0.5, 0.6) is 11.5 Å². The summed E-state index contributed by atoms with van der Waals surface area (Å²) in [5, 5.41) is 2.78. The zero-order chi connectivity index (χ0) is 18.5. The van der Waals surface area contributed by atoms with E-state index in [2.05, 4.69) is 5.32 Å². The second-order valence-electron chi connectivity index (χ2n) is 5.88. The summed E-state index contributed by atoms with van der Waals surface area (Å²) in [5.74, 6) is 0.664. The molecule has 0 unspecified atom stereocenters. The molecule has 0 bridgehead atoms. The molecule has 136 valence electrons. The monoisotopic (exact) mass is 358 g/mol. The van der Waals surface area contributed by atoms with Crippen LogP contribution in [0.4, 0.5) is 0 Å². The summed E-state index contributed by atoms with van der Waals surface area (Å²) in [4.78, 5) is 12.0. The SMILES string of the molecule is COc1ccc(S(=O)(=O)N(C)CC(=O)N[C@H](C)C(C)C)cc1OC. The average Bonchev–Trinajstić information content (AvgIpc) is 2.53. The fourth-order valence-corrected chi connectivity index (χ4v) is 3.05. The first-order valence-corrected chi connectivity index (χ1v) is 9.05. The van der Waals surface area contributed by atoms with E-state index < -0.39 is 10.0 Å². The first-order chi connectivity index (χ1) is 11.1. The number of nitrogens with one attached hydrogen (secondary N) is 1. The predicted octanol–water partition coefficient (Wildman–Crippen LogP) is 1.48. The quantitative estimate of drug-likeness (QED) is 0.761. The Kier molecular flexibility index (Phi) is 7.04. The van der Waals surface area contributed by atoms with Gasteiger partial charge in [0.1, 0.15) is 0 Å². The summed E-state index contributed by atoms with van der Waals surface area (Å²) in [6.07, 6.45) is 0. The van der Waals surface area contributed by atoms with Crippen LogP contribution in [0.2, 0.25) is 0 Å². The van der Waals surface area contributed by atoms with E-state index in [0.717, 1.165) is 4.31 Å². The van der Waals surface area contributed by atoms with Crippen molar-refractivity contribution in [1.29, 1.82) is 0 Å². The number of methoxy groups -OCH3 is 2. The van der Waals surface area contributed by atoms with Crippen molar-refractivity contribution in [2.24, 2.45) is 5.92 Å². The molecule has 1 atom stereocenters. The molecule has 0 aromatic heterocycles. The van der Waals surface area contributed by atoms with Crippen molar-refractivity contribution in [1.82, 2.24) is 9.62 Å². The number of carbonyl (C=O) groups is 1. The highest BCUT2D eigenvalue weighted by Crippen LogP contribution is 2.30. The number of ether oxygens (including phenoxy) is 2. The summed E-state index contributed by atoms with van der Waals surface area (Å²) >= 11 is 0. The molecule has 0 saturated carbocycles. The molecule has 24 heavy (non-hydrogen) atoms. The lowest BCUT2D eigenvalue weighted by atomic mass is 10.1. The van der Waals surface area contributed by atoms with Crippen LogP contribution in [0, 0.1) is 5.92 Å². The lowest BCUT2D eigenvalue weighted by Gasteiger charge is -2.21. The summed E-state index contributed by atoms with van der Waals surface area (Å²) in [6, 6.07) is 4.27. The lowest BCUT2D eigenvalue weighted by Crippen LogP contribution is -2.43. The number of amides is 1. The molecule has 0 saturated heterocycles. The molecule has 0 aliphatic heterocycles. The van der Waals surface area contributed by atoms with E-state index in [9.17, 15) is 13.2 Å². The first-order valence-electron chi connectivity index (χ1n) is 7.61. The number of hydrogen-bond acceptors (Lipinski definition) is 5. The van der Waals surface area contributed by atoms with Crippen molar-refractivity contribution in [2.45, 2.75) is 31.7 Å². The first kappa shape index (κ1) is 20.2. The van der Waals surface area contributed by atoms with Gasteiger partial charge in [-0.2, -0.15) is 4.31 Å². The van der Waals surface area contributed by atoms with Gasteiger partial charge in [-0.15, -0.1) is 0 Å². The van der Waals surface area contributed by atoms with Crippen molar-refractivity contribution < 1.29 is 22.7 Å². The van der Waals surface area contributed by atoms with Gasteiger partial charge in [-0.1, -0.05) is 13.8 Å². The molecular weight excluding hydrogens is 332 g/mol. The van der Waals surface area contributed by atoms with Gasteiger partial charge < -0.3 is 14.8 Å². The number of carbonyl (C=O) groups excluding carboxylic acids is 1. The molecule has 0 fully saturated rings. The molecule has 0 aliphatic rings. The smallest absolute Gasteiger partial charge is 0.243 e. The molecule has 1 rings (SSSR count). The van der Waals surface area contributed by atoms with E-state index in [-0.39, 0.29) is 29.3 Å². The number of sulfonamides is 1. The van der Waals surface area contributed by atoms with Crippen LogP contribution >= 0.6 is 0 Å². The Hall–Kier alpha value is -1.80. The van der Waals surface area contributed by atoms with Gasteiger partial charge in [0.15, 0.2) is 11.5 Å². The fraction of sp³-hybridized carbons (Fsp3) is 0.562. The van der Waals surface area contributed by atoms with Crippen LogP contribution in [0.3, 0.4) is 0 Å². The largest absolute Gasteiger partial charge is 0.493 e. The Morgan fingerprint density at radius 3 is 2.25 bits per heavy atom. The molecule has 1 aromatic carbocycles. The highest BCUT2D eigenvalue weighted by atomic mass is 32.2. The van der Waals surface area contributed by atoms with E-state index >= 15 is 0 Å². The molecule has 1 aromatic rings. The fourth-order valence-electron chi connectivity index (χ4n) is 1.91. The lowest BCUT2D eigenvalue weighted by molar-refractivity contribution is -0.122. The maximum Gasteiger partial charge on any atom is 0.243 e. The van der Waals surface area contributed by atoms with Crippen LogP contribution in [0.1, 0.15) is 20.8 Å². The van der Waals surface area contributed by atoms with Crippen molar-refractivity contribution in [3.8, 4) is 11.5 Å². The minimum absolute atomic E-state index is 0.0327. The van der Waals surface area contributed by atoms with Gasteiger partial charge >= 0.3 is 0 Å². The highest BCUT2D eigenvalue weighted by Gasteiger charge is 2.25. The second kappa shape index (κ2) is 8.34. The van der Waals surface area contributed by atoms with Crippen molar-refractivity contribution >= 4 is 15.9 Å². The third kappa shape index (κ3) is 4.85. The van der Waals surface area contributed by atoms with Gasteiger partial charge in [0.25, 0.3) is 0 Å². The van der Waals surface area contributed by atoms with E-state index in [0.29, 0.717) is 11.5 Å². The molecule has 0 spiro atoms. The van der Waals surface area contributed by atoms with Crippen LogP contribution in [0.15, 0.2) is 23.1 Å². The summed E-state index contributed by atoms with van der Waals surface area (Å²) in [6.45, 7) is 5.59. The highest BCUT2D eigenvalue weighted by molar-refractivity contribution is 7.89. The van der Waals surface area contributed by atoms with Gasteiger partial charge in [-0.25, -0.2) is 8.42 Å². The number of rotatable bonds is 8. The Labute approximate surface area is 144 Å².